The van der Waals surface area contributed by atoms with Crippen molar-refractivity contribution in [2.45, 2.75) is 19.4 Å². The Balaban J connectivity index is 2.12. The number of hydrogen-bond donors (Lipinski definition) is 3. The van der Waals surface area contributed by atoms with Gasteiger partial charge in [0.05, 0.1) is 5.56 Å². The van der Waals surface area contributed by atoms with Crippen LogP contribution in [0.2, 0.25) is 0 Å². The predicted octanol–water partition coefficient (Wildman–Crippen LogP) is 0.645. The molecule has 106 valence electrons. The number of nitrogens with one attached hydrogen (secondary N) is 2. The van der Waals surface area contributed by atoms with Crippen LogP contribution in [0.1, 0.15) is 18.9 Å². The highest BCUT2D eigenvalue weighted by Gasteiger charge is 2.26. The van der Waals surface area contributed by atoms with Crippen LogP contribution in [0, 0.1) is 5.41 Å². The van der Waals surface area contributed by atoms with Crippen molar-refractivity contribution in [3.63, 3.8) is 0 Å². The molecule has 1 unspecified atom stereocenters. The van der Waals surface area contributed by atoms with E-state index >= 15 is 0 Å². The maximum Gasteiger partial charge on any atom is 0.246 e. The number of carbonyl (C=O) groups excluding carboxylic acids is 1. The summed E-state index contributed by atoms with van der Waals surface area (Å²) in [4.78, 5) is 21.3. The average molecular weight is 274 g/mol. The molecule has 0 radical (unpaired) electrons. The monoisotopic (exact) mass is 274 g/mol. The molecule has 0 aromatic carbocycles. The molecular weight excluding hydrogens is 256 g/mol. The minimum Gasteiger partial charge on any atom is -0.383 e. The van der Waals surface area contributed by atoms with Crippen molar-refractivity contribution in [1.29, 1.82) is 5.41 Å². The van der Waals surface area contributed by atoms with Gasteiger partial charge in [-0.1, -0.05) is 6.58 Å². The van der Waals surface area contributed by atoms with Crippen LogP contribution < -0.4 is 11.1 Å². The van der Waals surface area contributed by atoms with Crippen LogP contribution in [0.5, 0.6) is 0 Å². The smallest absolute Gasteiger partial charge is 0.246 e. The number of nitrogens with two attached hydrogens (primary N) is 1. The summed E-state index contributed by atoms with van der Waals surface area (Å²) in [5.74, 6) is 0.759. The minimum atomic E-state index is -0.0695. The second-order valence-corrected chi connectivity index (χ2v) is 4.73. The van der Waals surface area contributed by atoms with Crippen molar-refractivity contribution in [3.05, 3.63) is 24.5 Å². The van der Waals surface area contributed by atoms with Crippen molar-refractivity contribution in [2.24, 2.45) is 0 Å². The summed E-state index contributed by atoms with van der Waals surface area (Å²) >= 11 is 0. The van der Waals surface area contributed by atoms with E-state index in [1.165, 1.54) is 12.4 Å². The van der Waals surface area contributed by atoms with Gasteiger partial charge >= 0.3 is 0 Å². The maximum absolute atomic E-state index is 11.5. The standard InChI is InChI=1S/C13H18N6O/c1-3-10(20)19-5-4-9(6-19)18-13-11(8(2)14)12(15)16-7-17-13/h3,7,9,14H,1,4-6H2,2H3,(H3,15,16,17,18). The molecule has 0 spiro atoms. The summed E-state index contributed by atoms with van der Waals surface area (Å²) in [6.07, 6.45) is 3.50. The summed E-state index contributed by atoms with van der Waals surface area (Å²) in [6.45, 7) is 6.40. The minimum absolute atomic E-state index is 0.0695. The van der Waals surface area contributed by atoms with Crippen LogP contribution in [0.25, 0.3) is 0 Å². The summed E-state index contributed by atoms with van der Waals surface area (Å²) in [6, 6.07) is 0.0892. The molecule has 2 rings (SSSR count). The lowest BCUT2D eigenvalue weighted by atomic mass is 10.1. The van der Waals surface area contributed by atoms with Gasteiger partial charge < -0.3 is 21.4 Å². The molecule has 1 atom stereocenters. The lowest BCUT2D eigenvalue weighted by Crippen LogP contribution is -2.30. The molecule has 1 fully saturated rings. The molecule has 1 saturated heterocycles. The third-order valence-electron chi connectivity index (χ3n) is 3.27. The molecule has 20 heavy (non-hydrogen) atoms. The van der Waals surface area contributed by atoms with Crippen molar-refractivity contribution >= 4 is 23.3 Å². The second kappa shape index (κ2) is 5.68. The van der Waals surface area contributed by atoms with Gasteiger partial charge in [0.25, 0.3) is 0 Å². The fraction of sp³-hybridized carbons (Fsp3) is 0.385. The number of aromatic nitrogens is 2. The van der Waals surface area contributed by atoms with E-state index in [0.29, 0.717) is 30.2 Å². The number of amides is 1. The normalized spacial score (nSPS) is 17.9. The van der Waals surface area contributed by atoms with Gasteiger partial charge in [-0.2, -0.15) is 0 Å². The van der Waals surface area contributed by atoms with Crippen molar-refractivity contribution < 1.29 is 4.79 Å². The molecule has 2 heterocycles. The van der Waals surface area contributed by atoms with Gasteiger partial charge in [0, 0.05) is 24.8 Å². The zero-order valence-electron chi connectivity index (χ0n) is 11.4. The van der Waals surface area contributed by atoms with E-state index in [-0.39, 0.29) is 17.8 Å². The summed E-state index contributed by atoms with van der Waals surface area (Å²) < 4.78 is 0. The molecule has 1 amide bonds. The molecule has 4 N–H and O–H groups in total. The van der Waals surface area contributed by atoms with Crippen LogP contribution in [0.4, 0.5) is 11.6 Å². The van der Waals surface area contributed by atoms with Gasteiger partial charge in [0.2, 0.25) is 5.91 Å². The lowest BCUT2D eigenvalue weighted by molar-refractivity contribution is -0.125. The Bertz CT molecular complexity index is 556. The van der Waals surface area contributed by atoms with Crippen LogP contribution in [0.15, 0.2) is 19.0 Å². The van der Waals surface area contributed by atoms with Gasteiger partial charge in [-0.25, -0.2) is 9.97 Å². The van der Waals surface area contributed by atoms with E-state index in [1.807, 2.05) is 0 Å². The number of hydrogen-bond acceptors (Lipinski definition) is 6. The van der Waals surface area contributed by atoms with E-state index in [1.54, 1.807) is 11.8 Å². The van der Waals surface area contributed by atoms with Crippen molar-refractivity contribution in [3.8, 4) is 0 Å². The Morgan fingerprint density at radius 1 is 1.65 bits per heavy atom. The largest absolute Gasteiger partial charge is 0.383 e. The number of carbonyl (C=O) groups is 1. The van der Waals surface area contributed by atoms with Gasteiger partial charge in [-0.15, -0.1) is 0 Å². The van der Waals surface area contributed by atoms with Crippen LogP contribution in [0.3, 0.4) is 0 Å². The van der Waals surface area contributed by atoms with Crippen molar-refractivity contribution in [1.82, 2.24) is 14.9 Å². The number of nitrogens with zero attached hydrogens (tertiary/aromatic N) is 3. The first-order valence-corrected chi connectivity index (χ1v) is 6.36. The fourth-order valence-corrected chi connectivity index (χ4v) is 2.28. The highest BCUT2D eigenvalue weighted by Crippen LogP contribution is 2.21. The Morgan fingerprint density at radius 2 is 2.40 bits per heavy atom. The van der Waals surface area contributed by atoms with Crippen LogP contribution >= 0.6 is 0 Å². The Labute approximate surface area is 117 Å². The third-order valence-corrected chi connectivity index (χ3v) is 3.27. The van der Waals surface area contributed by atoms with Gasteiger partial charge in [-0.3, -0.25) is 4.79 Å². The number of anilines is 2. The van der Waals surface area contributed by atoms with Gasteiger partial charge in [0.1, 0.15) is 18.0 Å². The van der Waals surface area contributed by atoms with E-state index in [9.17, 15) is 4.79 Å². The molecule has 1 aromatic heterocycles. The molecule has 1 aliphatic rings. The van der Waals surface area contributed by atoms with E-state index in [4.69, 9.17) is 11.1 Å². The number of likely N-dealkylation sites (tertiary alicyclic amines) is 1. The van der Waals surface area contributed by atoms with Gasteiger partial charge in [-0.05, 0) is 19.4 Å². The molecule has 7 heteroatoms. The topological polar surface area (TPSA) is 108 Å². The lowest BCUT2D eigenvalue weighted by Gasteiger charge is -2.17. The van der Waals surface area contributed by atoms with E-state index < -0.39 is 0 Å². The molecule has 0 aliphatic carbocycles. The van der Waals surface area contributed by atoms with E-state index in [0.717, 1.165) is 6.42 Å². The SMILES string of the molecule is C=CC(=O)N1CCC(Nc2ncnc(N)c2C(C)=N)C1. The average Bonchev–Trinajstić information content (AvgIpc) is 2.86. The molecule has 1 aliphatic heterocycles. The van der Waals surface area contributed by atoms with Gasteiger partial charge in [0.15, 0.2) is 0 Å². The maximum atomic E-state index is 11.5. The first-order chi connectivity index (χ1) is 9.52. The molecule has 0 saturated carbocycles. The Morgan fingerprint density at radius 3 is 3.05 bits per heavy atom. The quantitative estimate of drug-likeness (QED) is 0.551. The molecular formula is C13H18N6O. The third kappa shape index (κ3) is 2.76. The van der Waals surface area contributed by atoms with Crippen LogP contribution in [-0.2, 0) is 4.79 Å². The summed E-state index contributed by atoms with van der Waals surface area (Å²) in [5, 5.41) is 11.0. The summed E-state index contributed by atoms with van der Waals surface area (Å²) in [7, 11) is 0. The fourth-order valence-electron chi connectivity index (χ4n) is 2.28. The highest BCUT2D eigenvalue weighted by molar-refractivity contribution is 6.04. The van der Waals surface area contributed by atoms with Crippen molar-refractivity contribution in [2.75, 3.05) is 24.1 Å². The Kier molecular flexibility index (Phi) is 3.97. The Hall–Kier alpha value is -2.44. The molecule has 7 nitrogen and oxygen atoms in total. The predicted molar refractivity (Wildman–Crippen MR) is 77.8 cm³/mol. The molecule has 1 aromatic rings. The zero-order valence-corrected chi connectivity index (χ0v) is 11.4. The zero-order chi connectivity index (χ0) is 14.7. The number of nitrogen functional groups attached to an aromatic ring is 1. The highest BCUT2D eigenvalue weighted by atomic mass is 16.2. The molecule has 0 bridgehead atoms. The van der Waals surface area contributed by atoms with E-state index in [2.05, 4.69) is 21.9 Å². The summed E-state index contributed by atoms with van der Waals surface area (Å²) in [5.41, 5.74) is 6.61. The van der Waals surface area contributed by atoms with Crippen LogP contribution in [-0.4, -0.2) is 45.6 Å². The first-order valence-electron chi connectivity index (χ1n) is 6.36. The first kappa shape index (κ1) is 14.0. The number of rotatable bonds is 4. The second-order valence-electron chi connectivity index (χ2n) is 4.73.